The Labute approximate surface area is 124 Å². The number of benzene rings is 1. The zero-order valence-corrected chi connectivity index (χ0v) is 12.3. The molecule has 0 atom stereocenters. The zero-order chi connectivity index (χ0) is 15.1. The fourth-order valence-electron chi connectivity index (χ4n) is 1.84. The average molecular weight is 288 g/mol. The Hall–Kier alpha value is -2.41. The van der Waals surface area contributed by atoms with E-state index in [0.717, 1.165) is 18.7 Å². The van der Waals surface area contributed by atoms with E-state index in [-0.39, 0.29) is 12.0 Å². The van der Waals surface area contributed by atoms with E-state index in [1.54, 1.807) is 0 Å². The predicted octanol–water partition coefficient (Wildman–Crippen LogP) is 1.58. The number of anilines is 2. The molecule has 21 heavy (non-hydrogen) atoms. The summed E-state index contributed by atoms with van der Waals surface area (Å²) in [6.07, 6.45) is 0. The molecule has 112 valence electrons. The SMILES string of the molecule is CCN(CC)c1nc(NN)nc(OCc2ccccc2)n1. The molecular weight excluding hydrogens is 268 g/mol. The molecule has 2 rings (SSSR count). The number of rotatable bonds is 7. The highest BCUT2D eigenvalue weighted by atomic mass is 16.5. The first kappa shape index (κ1) is 15.0. The van der Waals surface area contributed by atoms with Gasteiger partial charge in [-0.15, -0.1) is 0 Å². The Kier molecular flexibility index (Phi) is 5.28. The van der Waals surface area contributed by atoms with Crippen molar-refractivity contribution in [2.24, 2.45) is 5.84 Å². The summed E-state index contributed by atoms with van der Waals surface area (Å²) in [7, 11) is 0. The van der Waals surface area contributed by atoms with Crippen molar-refractivity contribution >= 4 is 11.9 Å². The number of nitrogens with one attached hydrogen (secondary N) is 1. The van der Waals surface area contributed by atoms with Crippen molar-refractivity contribution in [3.63, 3.8) is 0 Å². The van der Waals surface area contributed by atoms with E-state index in [1.807, 2.05) is 49.1 Å². The quantitative estimate of drug-likeness (QED) is 0.590. The minimum atomic E-state index is 0.253. The van der Waals surface area contributed by atoms with Gasteiger partial charge in [-0.25, -0.2) is 5.84 Å². The lowest BCUT2D eigenvalue weighted by molar-refractivity contribution is 0.280. The van der Waals surface area contributed by atoms with E-state index >= 15 is 0 Å². The summed E-state index contributed by atoms with van der Waals surface area (Å²) in [5.41, 5.74) is 3.49. The predicted molar refractivity (Wildman–Crippen MR) is 82.0 cm³/mol. The van der Waals surface area contributed by atoms with Crippen molar-refractivity contribution in [3.05, 3.63) is 35.9 Å². The van der Waals surface area contributed by atoms with Crippen molar-refractivity contribution in [1.82, 2.24) is 15.0 Å². The highest BCUT2D eigenvalue weighted by Crippen LogP contribution is 2.15. The number of nitrogen functional groups attached to an aromatic ring is 1. The third-order valence-electron chi connectivity index (χ3n) is 2.99. The van der Waals surface area contributed by atoms with E-state index in [9.17, 15) is 0 Å². The second-order valence-electron chi connectivity index (χ2n) is 4.33. The second kappa shape index (κ2) is 7.39. The molecule has 3 N–H and O–H groups in total. The summed E-state index contributed by atoms with van der Waals surface area (Å²) < 4.78 is 5.63. The summed E-state index contributed by atoms with van der Waals surface area (Å²) >= 11 is 0. The van der Waals surface area contributed by atoms with Crippen LogP contribution in [0.5, 0.6) is 6.01 Å². The molecule has 0 unspecified atom stereocenters. The van der Waals surface area contributed by atoms with Crippen LogP contribution in [0.4, 0.5) is 11.9 Å². The Bertz CT molecular complexity index is 559. The Balaban J connectivity index is 2.16. The minimum absolute atomic E-state index is 0.253. The molecule has 0 fully saturated rings. The minimum Gasteiger partial charge on any atom is -0.458 e. The number of ether oxygens (including phenoxy) is 1. The standard InChI is InChI=1S/C14H20N6O/c1-3-20(4-2)13-16-12(19-15)17-14(18-13)21-10-11-8-6-5-7-9-11/h5-9H,3-4,10,15H2,1-2H3,(H,16,17,18,19). The van der Waals surface area contributed by atoms with Gasteiger partial charge < -0.3 is 9.64 Å². The van der Waals surface area contributed by atoms with Gasteiger partial charge in [0.15, 0.2) is 0 Å². The number of hydrazine groups is 1. The molecule has 0 aliphatic carbocycles. The lowest BCUT2D eigenvalue weighted by Gasteiger charge is -2.19. The molecule has 0 spiro atoms. The Morgan fingerprint density at radius 2 is 1.81 bits per heavy atom. The number of hydrogen-bond acceptors (Lipinski definition) is 7. The first-order chi connectivity index (χ1) is 10.3. The lowest BCUT2D eigenvalue weighted by Crippen LogP contribution is -2.25. The number of nitrogens with zero attached hydrogens (tertiary/aromatic N) is 4. The highest BCUT2D eigenvalue weighted by Gasteiger charge is 2.11. The maximum Gasteiger partial charge on any atom is 0.323 e. The summed E-state index contributed by atoms with van der Waals surface area (Å²) in [5.74, 6) is 6.24. The van der Waals surface area contributed by atoms with Gasteiger partial charge >= 0.3 is 6.01 Å². The number of hydrogen-bond donors (Lipinski definition) is 2. The first-order valence-corrected chi connectivity index (χ1v) is 6.91. The molecular formula is C14H20N6O. The largest absolute Gasteiger partial charge is 0.458 e. The van der Waals surface area contributed by atoms with Crippen LogP contribution in [0.15, 0.2) is 30.3 Å². The molecule has 2 aromatic rings. The molecule has 0 bridgehead atoms. The van der Waals surface area contributed by atoms with Crippen LogP contribution in [0, 0.1) is 0 Å². The van der Waals surface area contributed by atoms with Crippen molar-refractivity contribution in [2.45, 2.75) is 20.5 Å². The van der Waals surface area contributed by atoms with Crippen molar-refractivity contribution in [3.8, 4) is 6.01 Å². The van der Waals surface area contributed by atoms with Gasteiger partial charge in [-0.1, -0.05) is 30.3 Å². The molecule has 0 aliphatic heterocycles. The molecule has 1 aromatic carbocycles. The highest BCUT2D eigenvalue weighted by molar-refractivity contribution is 5.37. The van der Waals surface area contributed by atoms with E-state index in [0.29, 0.717) is 12.6 Å². The van der Waals surface area contributed by atoms with E-state index < -0.39 is 0 Å². The second-order valence-corrected chi connectivity index (χ2v) is 4.33. The van der Waals surface area contributed by atoms with Crippen LogP contribution in [-0.4, -0.2) is 28.0 Å². The van der Waals surface area contributed by atoms with Gasteiger partial charge in [0, 0.05) is 13.1 Å². The fourth-order valence-corrected chi connectivity index (χ4v) is 1.84. The maximum absolute atomic E-state index is 5.63. The van der Waals surface area contributed by atoms with Gasteiger partial charge in [-0.05, 0) is 19.4 Å². The molecule has 7 nitrogen and oxygen atoms in total. The molecule has 0 radical (unpaired) electrons. The summed E-state index contributed by atoms with van der Waals surface area (Å²) in [6.45, 7) is 6.05. The number of nitrogens with two attached hydrogens (primary N) is 1. The van der Waals surface area contributed by atoms with Crippen LogP contribution in [0.2, 0.25) is 0 Å². The summed E-state index contributed by atoms with van der Waals surface area (Å²) in [6, 6.07) is 10.1. The van der Waals surface area contributed by atoms with Crippen molar-refractivity contribution in [1.29, 1.82) is 0 Å². The van der Waals surface area contributed by atoms with Crippen LogP contribution in [0.3, 0.4) is 0 Å². The molecule has 1 aromatic heterocycles. The fraction of sp³-hybridized carbons (Fsp3) is 0.357. The van der Waals surface area contributed by atoms with Crippen LogP contribution in [-0.2, 0) is 6.61 Å². The van der Waals surface area contributed by atoms with E-state index in [4.69, 9.17) is 10.6 Å². The molecule has 0 saturated heterocycles. The Morgan fingerprint density at radius 1 is 1.10 bits per heavy atom. The third-order valence-corrected chi connectivity index (χ3v) is 2.99. The first-order valence-electron chi connectivity index (χ1n) is 6.91. The normalized spacial score (nSPS) is 10.2. The van der Waals surface area contributed by atoms with Gasteiger partial charge in [0.2, 0.25) is 11.9 Å². The lowest BCUT2D eigenvalue weighted by atomic mass is 10.2. The van der Waals surface area contributed by atoms with Crippen LogP contribution in [0.1, 0.15) is 19.4 Å². The van der Waals surface area contributed by atoms with E-state index in [2.05, 4.69) is 20.4 Å². The zero-order valence-electron chi connectivity index (χ0n) is 12.3. The van der Waals surface area contributed by atoms with Crippen molar-refractivity contribution in [2.75, 3.05) is 23.4 Å². The summed E-state index contributed by atoms with van der Waals surface area (Å²) in [4.78, 5) is 14.7. The van der Waals surface area contributed by atoms with Crippen LogP contribution < -0.4 is 20.9 Å². The molecule has 0 amide bonds. The Morgan fingerprint density at radius 3 is 2.43 bits per heavy atom. The topological polar surface area (TPSA) is 89.2 Å². The van der Waals surface area contributed by atoms with Gasteiger partial charge in [-0.2, -0.15) is 15.0 Å². The molecule has 0 aliphatic rings. The van der Waals surface area contributed by atoms with E-state index in [1.165, 1.54) is 0 Å². The van der Waals surface area contributed by atoms with Gasteiger partial charge in [-0.3, -0.25) is 5.43 Å². The van der Waals surface area contributed by atoms with Crippen LogP contribution >= 0.6 is 0 Å². The van der Waals surface area contributed by atoms with Gasteiger partial charge in [0.05, 0.1) is 0 Å². The molecule has 7 heteroatoms. The van der Waals surface area contributed by atoms with Crippen molar-refractivity contribution < 1.29 is 4.74 Å². The molecule has 0 saturated carbocycles. The smallest absolute Gasteiger partial charge is 0.323 e. The third kappa shape index (κ3) is 4.03. The molecule has 1 heterocycles. The van der Waals surface area contributed by atoms with Gasteiger partial charge in [0.1, 0.15) is 6.61 Å². The number of aromatic nitrogens is 3. The average Bonchev–Trinajstić information content (AvgIpc) is 2.55. The summed E-state index contributed by atoms with van der Waals surface area (Å²) in [5, 5.41) is 0. The maximum atomic E-state index is 5.63. The van der Waals surface area contributed by atoms with Crippen LogP contribution in [0.25, 0.3) is 0 Å². The van der Waals surface area contributed by atoms with Gasteiger partial charge in [0.25, 0.3) is 0 Å². The monoisotopic (exact) mass is 288 g/mol.